The number of oxazole rings is 1. The van der Waals surface area contributed by atoms with E-state index in [4.69, 9.17) is 13.9 Å². The number of aromatic nitrogens is 1. The van der Waals surface area contributed by atoms with Crippen LogP contribution in [0.4, 0.5) is 0 Å². The summed E-state index contributed by atoms with van der Waals surface area (Å²) in [6, 6.07) is 8.12. The molecule has 5 nitrogen and oxygen atoms in total. The summed E-state index contributed by atoms with van der Waals surface area (Å²) in [5, 5.41) is 0. The summed E-state index contributed by atoms with van der Waals surface area (Å²) in [7, 11) is 1.65. The van der Waals surface area contributed by atoms with Crippen LogP contribution in [0.25, 0.3) is 11.5 Å². The van der Waals surface area contributed by atoms with Crippen LogP contribution in [-0.4, -0.2) is 31.3 Å². The third-order valence-electron chi connectivity index (χ3n) is 3.04. The summed E-state index contributed by atoms with van der Waals surface area (Å²) >= 11 is 0. The number of esters is 1. The molecule has 0 aliphatic carbocycles. The van der Waals surface area contributed by atoms with Crippen LogP contribution in [0.1, 0.15) is 24.2 Å². The predicted molar refractivity (Wildman–Crippen MR) is 93.7 cm³/mol. The summed E-state index contributed by atoms with van der Waals surface area (Å²) in [6.45, 7) is 8.39. The van der Waals surface area contributed by atoms with E-state index in [1.165, 1.54) is 5.56 Å². The molecule has 1 aromatic carbocycles. The highest BCUT2D eigenvalue weighted by molar-refractivity contribution is 5.81. The monoisotopic (exact) mass is 331 g/mol. The number of carbonyl (C=O) groups is 1. The van der Waals surface area contributed by atoms with E-state index < -0.39 is 0 Å². The SMILES string of the molecule is C=CC(=O)OCCCCOC.Cc1cccc(-c2ncc(C)o2)c1. The van der Waals surface area contributed by atoms with Gasteiger partial charge in [0.1, 0.15) is 5.76 Å². The first-order valence-corrected chi connectivity index (χ1v) is 7.84. The van der Waals surface area contributed by atoms with Crippen molar-refractivity contribution in [2.75, 3.05) is 20.3 Å². The Kier molecular flexibility index (Phi) is 9.16. The molecule has 2 aromatic rings. The first-order chi connectivity index (χ1) is 11.6. The highest BCUT2D eigenvalue weighted by atomic mass is 16.5. The number of nitrogens with zero attached hydrogens (tertiary/aromatic N) is 1. The third-order valence-corrected chi connectivity index (χ3v) is 3.04. The van der Waals surface area contributed by atoms with Gasteiger partial charge in [0.25, 0.3) is 0 Å². The lowest BCUT2D eigenvalue weighted by atomic mass is 10.1. The van der Waals surface area contributed by atoms with Crippen molar-refractivity contribution in [2.45, 2.75) is 26.7 Å². The van der Waals surface area contributed by atoms with E-state index in [0.29, 0.717) is 19.1 Å². The molecule has 0 fully saturated rings. The van der Waals surface area contributed by atoms with Gasteiger partial charge in [-0.05, 0) is 38.8 Å². The topological polar surface area (TPSA) is 61.6 Å². The van der Waals surface area contributed by atoms with Crippen LogP contribution < -0.4 is 0 Å². The van der Waals surface area contributed by atoms with Gasteiger partial charge in [-0.3, -0.25) is 0 Å². The van der Waals surface area contributed by atoms with Gasteiger partial charge in [0.05, 0.1) is 12.8 Å². The Bertz CT molecular complexity index is 634. The molecule has 0 N–H and O–H groups in total. The van der Waals surface area contributed by atoms with Crippen LogP contribution in [0.2, 0.25) is 0 Å². The second-order valence-electron chi connectivity index (χ2n) is 5.22. The van der Waals surface area contributed by atoms with Crippen LogP contribution in [0.5, 0.6) is 0 Å². The lowest BCUT2D eigenvalue weighted by Gasteiger charge is -2.00. The van der Waals surface area contributed by atoms with Crippen molar-refractivity contribution < 1.29 is 18.7 Å². The van der Waals surface area contributed by atoms with E-state index in [1.54, 1.807) is 13.3 Å². The Morgan fingerprint density at radius 3 is 2.62 bits per heavy atom. The number of ether oxygens (including phenoxy) is 2. The van der Waals surface area contributed by atoms with Gasteiger partial charge in [-0.1, -0.05) is 24.3 Å². The first kappa shape index (κ1) is 19.6. The fourth-order valence-electron chi connectivity index (χ4n) is 1.85. The van der Waals surface area contributed by atoms with Gasteiger partial charge in [0.2, 0.25) is 5.89 Å². The first-order valence-electron chi connectivity index (χ1n) is 7.84. The summed E-state index contributed by atoms with van der Waals surface area (Å²) < 4.78 is 15.0. The molecule has 130 valence electrons. The fourth-order valence-corrected chi connectivity index (χ4v) is 1.85. The van der Waals surface area contributed by atoms with Gasteiger partial charge in [-0.25, -0.2) is 9.78 Å². The van der Waals surface area contributed by atoms with Gasteiger partial charge < -0.3 is 13.9 Å². The van der Waals surface area contributed by atoms with Gasteiger partial charge >= 0.3 is 5.97 Å². The number of carbonyl (C=O) groups excluding carboxylic acids is 1. The molecule has 0 atom stereocenters. The normalized spacial score (nSPS) is 9.79. The number of hydrogen-bond acceptors (Lipinski definition) is 5. The quantitative estimate of drug-likeness (QED) is 0.434. The van der Waals surface area contributed by atoms with Crippen molar-refractivity contribution in [3.8, 4) is 11.5 Å². The van der Waals surface area contributed by atoms with E-state index in [1.807, 2.05) is 19.1 Å². The number of benzene rings is 1. The maximum absolute atomic E-state index is 10.5. The maximum Gasteiger partial charge on any atom is 0.330 e. The minimum atomic E-state index is -0.359. The van der Waals surface area contributed by atoms with Crippen molar-refractivity contribution in [1.29, 1.82) is 0 Å². The molecule has 2 rings (SSSR count). The number of unbranched alkanes of at least 4 members (excludes halogenated alkanes) is 1. The van der Waals surface area contributed by atoms with Crippen molar-refractivity contribution in [3.63, 3.8) is 0 Å². The second kappa shape index (κ2) is 11.2. The van der Waals surface area contributed by atoms with Gasteiger partial charge in [0.15, 0.2) is 0 Å². The lowest BCUT2D eigenvalue weighted by Crippen LogP contribution is -2.02. The molecule has 0 aliphatic heterocycles. The molecule has 0 aliphatic rings. The molecule has 0 spiro atoms. The summed E-state index contributed by atoms with van der Waals surface area (Å²) in [4.78, 5) is 14.6. The number of aryl methyl sites for hydroxylation is 2. The van der Waals surface area contributed by atoms with Crippen molar-refractivity contribution in [2.24, 2.45) is 0 Å². The Labute approximate surface area is 143 Å². The fraction of sp³-hybridized carbons (Fsp3) is 0.368. The summed E-state index contributed by atoms with van der Waals surface area (Å²) in [5.74, 6) is 1.18. The molecule has 0 unspecified atom stereocenters. The van der Waals surface area contributed by atoms with E-state index >= 15 is 0 Å². The lowest BCUT2D eigenvalue weighted by molar-refractivity contribution is -0.137. The van der Waals surface area contributed by atoms with E-state index in [0.717, 1.165) is 30.2 Å². The van der Waals surface area contributed by atoms with Gasteiger partial charge in [-0.15, -0.1) is 0 Å². The maximum atomic E-state index is 10.5. The van der Waals surface area contributed by atoms with Crippen LogP contribution >= 0.6 is 0 Å². The van der Waals surface area contributed by atoms with E-state index in [2.05, 4.69) is 30.6 Å². The number of hydrogen-bond donors (Lipinski definition) is 0. The van der Waals surface area contributed by atoms with Crippen molar-refractivity contribution in [3.05, 3.63) is 54.4 Å². The predicted octanol–water partition coefficient (Wildman–Crippen LogP) is 4.10. The van der Waals surface area contributed by atoms with Crippen LogP contribution in [0.15, 0.2) is 47.5 Å². The van der Waals surface area contributed by atoms with Gasteiger partial charge in [0, 0.05) is 25.4 Å². The molecule has 0 amide bonds. The number of rotatable bonds is 7. The Balaban J connectivity index is 0.000000245. The highest BCUT2D eigenvalue weighted by Gasteiger charge is 2.03. The van der Waals surface area contributed by atoms with E-state index in [-0.39, 0.29) is 5.97 Å². The highest BCUT2D eigenvalue weighted by Crippen LogP contribution is 2.19. The molecule has 1 aromatic heterocycles. The smallest absolute Gasteiger partial charge is 0.330 e. The van der Waals surface area contributed by atoms with Crippen LogP contribution in [0.3, 0.4) is 0 Å². The van der Waals surface area contributed by atoms with Crippen molar-refractivity contribution >= 4 is 5.97 Å². The minimum Gasteiger partial charge on any atom is -0.463 e. The molecule has 0 saturated carbocycles. The van der Waals surface area contributed by atoms with E-state index in [9.17, 15) is 4.79 Å². The standard InChI is InChI=1S/C11H11NO.C8H14O3/c1-8-4-3-5-10(6-8)11-12-7-9(2)13-11;1-3-8(9)11-7-5-4-6-10-2/h3-7H,1-2H3;3H,1,4-7H2,2H3. The Morgan fingerprint density at radius 2 is 2.04 bits per heavy atom. The zero-order chi connectivity index (χ0) is 17.8. The average molecular weight is 331 g/mol. The minimum absolute atomic E-state index is 0.359. The van der Waals surface area contributed by atoms with Crippen LogP contribution in [0, 0.1) is 13.8 Å². The molecule has 24 heavy (non-hydrogen) atoms. The van der Waals surface area contributed by atoms with Gasteiger partial charge in [-0.2, -0.15) is 0 Å². The molecular weight excluding hydrogens is 306 g/mol. The average Bonchev–Trinajstić information content (AvgIpc) is 3.01. The largest absolute Gasteiger partial charge is 0.463 e. The van der Waals surface area contributed by atoms with Crippen LogP contribution in [-0.2, 0) is 14.3 Å². The molecule has 1 heterocycles. The zero-order valence-electron chi connectivity index (χ0n) is 14.6. The Morgan fingerprint density at radius 1 is 1.29 bits per heavy atom. The molecule has 0 bridgehead atoms. The summed E-state index contributed by atoms with van der Waals surface area (Å²) in [6.07, 6.45) is 4.66. The molecule has 5 heteroatoms. The molecule has 0 radical (unpaired) electrons. The van der Waals surface area contributed by atoms with Crippen molar-refractivity contribution in [1.82, 2.24) is 4.98 Å². The molecule has 0 saturated heterocycles. The third kappa shape index (κ3) is 7.74. The molecular formula is C19H25NO4. The Hall–Kier alpha value is -2.40. The number of methoxy groups -OCH3 is 1. The second-order valence-corrected chi connectivity index (χ2v) is 5.22. The summed E-state index contributed by atoms with van der Waals surface area (Å²) in [5.41, 5.74) is 2.25. The zero-order valence-corrected chi connectivity index (χ0v) is 14.6.